The molecular formula is C14H12N2OS2. The minimum atomic E-state index is 0.718. The summed E-state index contributed by atoms with van der Waals surface area (Å²) in [5.74, 6) is 2.31. The number of rotatable bonds is 4. The van der Waals surface area contributed by atoms with E-state index in [4.69, 9.17) is 4.42 Å². The molecule has 3 aromatic rings. The van der Waals surface area contributed by atoms with Crippen molar-refractivity contribution in [3.05, 3.63) is 53.6 Å². The molecule has 0 atom stereocenters. The van der Waals surface area contributed by atoms with E-state index in [2.05, 4.69) is 27.5 Å². The molecule has 5 heteroatoms. The topological polar surface area (TPSA) is 38.9 Å². The summed E-state index contributed by atoms with van der Waals surface area (Å²) in [7, 11) is 0. The summed E-state index contributed by atoms with van der Waals surface area (Å²) in [6.45, 7) is 1.90. The van der Waals surface area contributed by atoms with Crippen molar-refractivity contribution in [2.24, 2.45) is 0 Å². The van der Waals surface area contributed by atoms with Gasteiger partial charge in [0.15, 0.2) is 4.34 Å². The normalized spacial score (nSPS) is 10.8. The van der Waals surface area contributed by atoms with Gasteiger partial charge in [-0.3, -0.25) is 0 Å². The van der Waals surface area contributed by atoms with E-state index in [-0.39, 0.29) is 0 Å². The molecule has 3 rings (SSSR count). The molecule has 96 valence electrons. The fourth-order valence-corrected chi connectivity index (χ4v) is 3.35. The smallest absolute Gasteiger partial charge is 0.204 e. The number of hydrogen-bond acceptors (Lipinski definition) is 5. The highest BCUT2D eigenvalue weighted by molar-refractivity contribution is 8.00. The van der Waals surface area contributed by atoms with Crippen molar-refractivity contribution in [1.82, 2.24) is 9.97 Å². The number of thiazole rings is 1. The lowest BCUT2D eigenvalue weighted by Crippen LogP contribution is -1.80. The summed E-state index contributed by atoms with van der Waals surface area (Å²) in [5, 5.41) is 2.08. The maximum atomic E-state index is 5.44. The van der Waals surface area contributed by atoms with Gasteiger partial charge in [0.1, 0.15) is 5.76 Å². The monoisotopic (exact) mass is 288 g/mol. The first-order chi connectivity index (χ1) is 9.31. The minimum absolute atomic E-state index is 0.718. The van der Waals surface area contributed by atoms with Gasteiger partial charge in [-0.15, -0.1) is 11.3 Å². The fraction of sp³-hybridized carbons (Fsp3) is 0.143. The van der Waals surface area contributed by atoms with Gasteiger partial charge < -0.3 is 4.42 Å². The highest BCUT2D eigenvalue weighted by Gasteiger charge is 2.07. The number of oxazole rings is 1. The lowest BCUT2D eigenvalue weighted by Gasteiger charge is -1.95. The number of nitrogens with zero attached hydrogens (tertiary/aromatic N) is 2. The Balaban J connectivity index is 1.68. The molecule has 3 nitrogen and oxygen atoms in total. The first kappa shape index (κ1) is 12.4. The molecule has 0 bridgehead atoms. The first-order valence-electron chi connectivity index (χ1n) is 5.86. The van der Waals surface area contributed by atoms with Gasteiger partial charge in [0.2, 0.25) is 5.89 Å². The third-order valence-electron chi connectivity index (χ3n) is 2.54. The highest BCUT2D eigenvalue weighted by Crippen LogP contribution is 2.29. The van der Waals surface area contributed by atoms with Crippen LogP contribution in [0.25, 0.3) is 11.3 Å². The average Bonchev–Trinajstić information content (AvgIpc) is 3.06. The van der Waals surface area contributed by atoms with E-state index in [1.54, 1.807) is 29.3 Å². The predicted octanol–water partition coefficient (Wildman–Crippen LogP) is 4.40. The second kappa shape index (κ2) is 5.59. The second-order valence-corrected chi connectivity index (χ2v) is 6.10. The van der Waals surface area contributed by atoms with Crippen molar-refractivity contribution in [3.63, 3.8) is 0 Å². The zero-order valence-electron chi connectivity index (χ0n) is 10.4. The van der Waals surface area contributed by atoms with Crippen LogP contribution in [-0.2, 0) is 5.75 Å². The van der Waals surface area contributed by atoms with Crippen LogP contribution in [0.3, 0.4) is 0 Å². The number of benzene rings is 1. The fourth-order valence-electron chi connectivity index (χ4n) is 1.66. The molecule has 0 N–H and O–H groups in total. The Morgan fingerprint density at radius 3 is 2.84 bits per heavy atom. The van der Waals surface area contributed by atoms with Crippen LogP contribution in [0, 0.1) is 6.92 Å². The largest absolute Gasteiger partial charge is 0.445 e. The van der Waals surface area contributed by atoms with Gasteiger partial charge in [-0.25, -0.2) is 9.97 Å². The SMILES string of the molecule is Cc1cnc(CSc2nc(-c3ccccc3)cs2)o1. The van der Waals surface area contributed by atoms with Crippen LogP contribution in [0.2, 0.25) is 0 Å². The first-order valence-corrected chi connectivity index (χ1v) is 7.73. The zero-order valence-corrected chi connectivity index (χ0v) is 12.0. The molecule has 0 radical (unpaired) electrons. The molecular weight excluding hydrogens is 276 g/mol. The Morgan fingerprint density at radius 1 is 1.26 bits per heavy atom. The van der Waals surface area contributed by atoms with Gasteiger partial charge in [0.05, 0.1) is 17.6 Å². The number of aryl methyl sites for hydroxylation is 1. The quantitative estimate of drug-likeness (QED) is 0.667. The number of aromatic nitrogens is 2. The predicted molar refractivity (Wildman–Crippen MR) is 78.4 cm³/mol. The zero-order chi connectivity index (χ0) is 13.1. The molecule has 0 fully saturated rings. The molecule has 0 unspecified atom stereocenters. The molecule has 1 aromatic carbocycles. The maximum Gasteiger partial charge on any atom is 0.204 e. The molecule has 0 spiro atoms. The van der Waals surface area contributed by atoms with Gasteiger partial charge in [-0.2, -0.15) is 0 Å². The van der Waals surface area contributed by atoms with Crippen LogP contribution in [0.4, 0.5) is 0 Å². The van der Waals surface area contributed by atoms with Gasteiger partial charge in [0.25, 0.3) is 0 Å². The third-order valence-corrected chi connectivity index (χ3v) is 4.55. The molecule has 0 saturated heterocycles. The third kappa shape index (κ3) is 3.05. The number of thioether (sulfide) groups is 1. The lowest BCUT2D eigenvalue weighted by molar-refractivity contribution is 0.490. The molecule has 2 aromatic heterocycles. The molecule has 0 aliphatic carbocycles. The van der Waals surface area contributed by atoms with Crippen LogP contribution in [0.5, 0.6) is 0 Å². The van der Waals surface area contributed by atoms with Gasteiger partial charge in [-0.05, 0) is 6.92 Å². The van der Waals surface area contributed by atoms with Crippen LogP contribution < -0.4 is 0 Å². The van der Waals surface area contributed by atoms with E-state index in [1.165, 1.54) is 0 Å². The van der Waals surface area contributed by atoms with E-state index >= 15 is 0 Å². The summed E-state index contributed by atoms with van der Waals surface area (Å²) < 4.78 is 6.48. The van der Waals surface area contributed by atoms with Crippen molar-refractivity contribution in [1.29, 1.82) is 0 Å². The van der Waals surface area contributed by atoms with Crippen molar-refractivity contribution >= 4 is 23.1 Å². The van der Waals surface area contributed by atoms with Crippen LogP contribution in [0.1, 0.15) is 11.7 Å². The Kier molecular flexibility index (Phi) is 3.66. The minimum Gasteiger partial charge on any atom is -0.445 e. The Hall–Kier alpha value is -1.59. The molecule has 2 heterocycles. The van der Waals surface area contributed by atoms with Crippen molar-refractivity contribution in [2.75, 3.05) is 0 Å². The molecule has 19 heavy (non-hydrogen) atoms. The van der Waals surface area contributed by atoms with Crippen LogP contribution in [-0.4, -0.2) is 9.97 Å². The second-order valence-electron chi connectivity index (χ2n) is 4.02. The Morgan fingerprint density at radius 2 is 2.11 bits per heavy atom. The van der Waals surface area contributed by atoms with Crippen LogP contribution in [0.15, 0.2) is 50.7 Å². The lowest BCUT2D eigenvalue weighted by atomic mass is 10.2. The van der Waals surface area contributed by atoms with Gasteiger partial charge >= 0.3 is 0 Å². The summed E-state index contributed by atoms with van der Waals surface area (Å²) in [6.07, 6.45) is 1.74. The van der Waals surface area contributed by atoms with Gasteiger partial charge in [-0.1, -0.05) is 42.1 Å². The average molecular weight is 288 g/mol. The molecule has 0 aliphatic heterocycles. The molecule has 0 amide bonds. The standard InChI is InChI=1S/C14H12N2OS2/c1-10-7-15-13(17-10)9-19-14-16-12(8-18-14)11-5-3-2-4-6-11/h2-8H,9H2,1H3. The number of hydrogen-bond donors (Lipinski definition) is 0. The van der Waals surface area contributed by atoms with Crippen LogP contribution >= 0.6 is 23.1 Å². The van der Waals surface area contributed by atoms with E-state index in [0.29, 0.717) is 0 Å². The highest BCUT2D eigenvalue weighted by atomic mass is 32.2. The van der Waals surface area contributed by atoms with Crippen molar-refractivity contribution in [2.45, 2.75) is 17.0 Å². The maximum absolute atomic E-state index is 5.44. The molecule has 0 aliphatic rings. The van der Waals surface area contributed by atoms with E-state index in [1.807, 2.05) is 25.1 Å². The van der Waals surface area contributed by atoms with E-state index in [0.717, 1.165) is 33.0 Å². The summed E-state index contributed by atoms with van der Waals surface area (Å²) in [4.78, 5) is 8.80. The van der Waals surface area contributed by atoms with E-state index < -0.39 is 0 Å². The Bertz CT molecular complexity index is 661. The summed E-state index contributed by atoms with van der Waals surface area (Å²) in [5.41, 5.74) is 2.18. The van der Waals surface area contributed by atoms with Crippen molar-refractivity contribution in [3.8, 4) is 11.3 Å². The summed E-state index contributed by atoms with van der Waals surface area (Å²) >= 11 is 3.31. The molecule has 0 saturated carbocycles. The van der Waals surface area contributed by atoms with Crippen molar-refractivity contribution < 1.29 is 4.42 Å². The summed E-state index contributed by atoms with van der Waals surface area (Å²) in [6, 6.07) is 10.2. The van der Waals surface area contributed by atoms with E-state index in [9.17, 15) is 0 Å². The Labute approximate surface area is 119 Å². The van der Waals surface area contributed by atoms with Gasteiger partial charge in [0, 0.05) is 10.9 Å².